The maximum absolute atomic E-state index is 12.5. The summed E-state index contributed by atoms with van der Waals surface area (Å²) in [5, 5.41) is 3.43. The lowest BCUT2D eigenvalue weighted by Crippen LogP contribution is -2.32. The third-order valence-corrected chi connectivity index (χ3v) is 4.75. The van der Waals surface area contributed by atoms with E-state index in [0.29, 0.717) is 17.4 Å². The molecule has 1 saturated heterocycles. The van der Waals surface area contributed by atoms with Gasteiger partial charge in [-0.15, -0.1) is 0 Å². The van der Waals surface area contributed by atoms with E-state index in [4.69, 9.17) is 0 Å². The van der Waals surface area contributed by atoms with Crippen LogP contribution in [0.4, 0.5) is 5.69 Å². The molecule has 118 valence electrons. The van der Waals surface area contributed by atoms with E-state index < -0.39 is 5.25 Å². The molecule has 0 aromatic heterocycles. The number of aliphatic imine (C=N–C) groups is 1. The van der Waals surface area contributed by atoms with Gasteiger partial charge < -0.3 is 5.32 Å². The van der Waals surface area contributed by atoms with Gasteiger partial charge in [0.2, 0.25) is 11.8 Å². The molecule has 1 N–H and O–H groups in total. The summed E-state index contributed by atoms with van der Waals surface area (Å²) in [4.78, 5) is 30.3. The van der Waals surface area contributed by atoms with Crippen LogP contribution in [-0.4, -0.2) is 35.3 Å². The summed E-state index contributed by atoms with van der Waals surface area (Å²) < 4.78 is 0.908. The Hall–Kier alpha value is -1.34. The van der Waals surface area contributed by atoms with Crippen molar-refractivity contribution < 1.29 is 9.59 Å². The number of benzene rings is 1. The second kappa shape index (κ2) is 7.78. The monoisotopic (exact) mass is 383 g/mol. The average molecular weight is 384 g/mol. The number of rotatable bonds is 4. The first-order valence-corrected chi connectivity index (χ1v) is 8.81. The fraction of sp³-hybridized carbons (Fsp3) is 0.400. The summed E-state index contributed by atoms with van der Waals surface area (Å²) >= 11 is 4.68. The van der Waals surface area contributed by atoms with Crippen LogP contribution in [0.1, 0.15) is 20.3 Å². The number of anilines is 1. The molecule has 0 spiro atoms. The number of hydrogen-bond donors (Lipinski definition) is 1. The number of carbonyl (C=O) groups is 2. The molecule has 22 heavy (non-hydrogen) atoms. The summed E-state index contributed by atoms with van der Waals surface area (Å²) in [5.74, 6) is -0.351. The Morgan fingerprint density at radius 1 is 1.36 bits per heavy atom. The number of thioether (sulfide) groups is 1. The van der Waals surface area contributed by atoms with Crippen molar-refractivity contribution in [1.82, 2.24) is 5.32 Å². The molecule has 5 nitrogen and oxygen atoms in total. The highest BCUT2D eigenvalue weighted by Gasteiger charge is 2.40. The summed E-state index contributed by atoms with van der Waals surface area (Å²) in [6, 6.07) is 7.16. The van der Waals surface area contributed by atoms with Crippen LogP contribution in [0.5, 0.6) is 0 Å². The van der Waals surface area contributed by atoms with Crippen molar-refractivity contribution in [2.75, 3.05) is 18.0 Å². The van der Waals surface area contributed by atoms with Gasteiger partial charge in [-0.05, 0) is 38.1 Å². The molecule has 2 rings (SSSR count). The molecule has 1 aliphatic rings. The van der Waals surface area contributed by atoms with Gasteiger partial charge in [-0.2, -0.15) is 0 Å². The summed E-state index contributed by atoms with van der Waals surface area (Å²) in [6.07, 6.45) is 0.202. The number of halogens is 1. The maximum Gasteiger partial charge on any atom is 0.247 e. The van der Waals surface area contributed by atoms with Gasteiger partial charge in [-0.3, -0.25) is 14.6 Å². The number of hydrogen-bond acceptors (Lipinski definition) is 4. The molecule has 1 atom stereocenters. The van der Waals surface area contributed by atoms with Crippen molar-refractivity contribution in [2.45, 2.75) is 25.5 Å². The van der Waals surface area contributed by atoms with Crippen molar-refractivity contribution in [1.29, 1.82) is 0 Å². The molecule has 0 bridgehead atoms. The molecule has 2 amide bonds. The van der Waals surface area contributed by atoms with Gasteiger partial charge in [0.15, 0.2) is 5.17 Å². The fourth-order valence-corrected chi connectivity index (χ4v) is 3.52. The molecule has 0 radical (unpaired) electrons. The van der Waals surface area contributed by atoms with Crippen LogP contribution in [0.2, 0.25) is 0 Å². The zero-order valence-corrected chi connectivity index (χ0v) is 14.9. The quantitative estimate of drug-likeness (QED) is 0.493. The molecule has 1 fully saturated rings. The van der Waals surface area contributed by atoms with E-state index in [1.54, 1.807) is 12.1 Å². The smallest absolute Gasteiger partial charge is 0.247 e. The van der Waals surface area contributed by atoms with E-state index in [2.05, 4.69) is 26.2 Å². The van der Waals surface area contributed by atoms with Crippen LogP contribution in [-0.2, 0) is 9.59 Å². The van der Waals surface area contributed by atoms with E-state index in [-0.39, 0.29) is 18.2 Å². The topological polar surface area (TPSA) is 61.8 Å². The fourth-order valence-electron chi connectivity index (χ4n) is 2.12. The Balaban J connectivity index is 2.14. The van der Waals surface area contributed by atoms with Crippen molar-refractivity contribution in [3.8, 4) is 0 Å². The van der Waals surface area contributed by atoms with Gasteiger partial charge in [0, 0.05) is 24.0 Å². The number of carbonyl (C=O) groups excluding carboxylic acids is 2. The lowest BCUT2D eigenvalue weighted by Gasteiger charge is -2.15. The Bertz CT molecular complexity index is 589. The van der Waals surface area contributed by atoms with Crippen molar-refractivity contribution in [3.63, 3.8) is 0 Å². The van der Waals surface area contributed by atoms with E-state index >= 15 is 0 Å². The molecule has 7 heteroatoms. The third kappa shape index (κ3) is 3.89. The van der Waals surface area contributed by atoms with Crippen LogP contribution in [0.3, 0.4) is 0 Å². The molecular formula is C15H18BrN3O2S. The number of imide groups is 1. The number of nitrogens with one attached hydrogen (secondary N) is 1. The highest BCUT2D eigenvalue weighted by atomic mass is 79.9. The Morgan fingerprint density at radius 3 is 2.64 bits per heavy atom. The lowest BCUT2D eigenvalue weighted by atomic mass is 10.3. The van der Waals surface area contributed by atoms with E-state index in [1.165, 1.54) is 16.7 Å². The van der Waals surface area contributed by atoms with Crippen LogP contribution in [0.25, 0.3) is 0 Å². The van der Waals surface area contributed by atoms with Gasteiger partial charge in [0.05, 0.1) is 5.69 Å². The number of nitrogens with zero attached hydrogens (tertiary/aromatic N) is 2. The predicted octanol–water partition coefficient (Wildman–Crippen LogP) is 2.80. The Morgan fingerprint density at radius 2 is 2.05 bits per heavy atom. The second-order valence-corrected chi connectivity index (χ2v) is 6.77. The van der Waals surface area contributed by atoms with E-state index in [1.807, 2.05) is 26.0 Å². The summed E-state index contributed by atoms with van der Waals surface area (Å²) in [5.41, 5.74) is 0.610. The molecule has 1 aliphatic heterocycles. The minimum atomic E-state index is -0.416. The maximum atomic E-state index is 12.5. The molecule has 0 aliphatic carbocycles. The molecular weight excluding hydrogens is 366 g/mol. The highest BCUT2D eigenvalue weighted by Crippen LogP contribution is 2.30. The van der Waals surface area contributed by atoms with Crippen LogP contribution in [0.15, 0.2) is 33.7 Å². The second-order valence-electron chi connectivity index (χ2n) is 4.66. The summed E-state index contributed by atoms with van der Waals surface area (Å²) in [6.45, 7) is 5.28. The van der Waals surface area contributed by atoms with E-state index in [9.17, 15) is 9.59 Å². The van der Waals surface area contributed by atoms with Gasteiger partial charge in [0.1, 0.15) is 5.25 Å². The molecule has 0 unspecified atom stereocenters. The Kier molecular flexibility index (Phi) is 6.02. The average Bonchev–Trinajstić information content (AvgIpc) is 2.75. The lowest BCUT2D eigenvalue weighted by molar-refractivity contribution is -0.121. The molecule has 0 saturated carbocycles. The molecule has 1 aromatic carbocycles. The third-order valence-electron chi connectivity index (χ3n) is 3.07. The van der Waals surface area contributed by atoms with Gasteiger partial charge in [-0.1, -0.05) is 27.7 Å². The van der Waals surface area contributed by atoms with Crippen LogP contribution >= 0.6 is 27.7 Å². The highest BCUT2D eigenvalue weighted by molar-refractivity contribution is 9.10. The first kappa shape index (κ1) is 17.0. The Labute approximate surface area is 142 Å². The minimum Gasteiger partial charge on any atom is -0.365 e. The first-order chi connectivity index (χ1) is 10.6. The van der Waals surface area contributed by atoms with Gasteiger partial charge in [0.25, 0.3) is 0 Å². The van der Waals surface area contributed by atoms with E-state index in [0.717, 1.165) is 11.0 Å². The predicted molar refractivity (Wildman–Crippen MR) is 94.3 cm³/mol. The van der Waals surface area contributed by atoms with Crippen molar-refractivity contribution in [3.05, 3.63) is 28.7 Å². The summed E-state index contributed by atoms with van der Waals surface area (Å²) in [7, 11) is 0. The molecule has 1 heterocycles. The minimum absolute atomic E-state index is 0.169. The zero-order chi connectivity index (χ0) is 16.1. The number of amidine groups is 1. The number of amides is 2. The van der Waals surface area contributed by atoms with Crippen molar-refractivity contribution in [2.24, 2.45) is 4.99 Å². The van der Waals surface area contributed by atoms with Crippen LogP contribution < -0.4 is 10.2 Å². The molecule has 1 aromatic rings. The van der Waals surface area contributed by atoms with Crippen molar-refractivity contribution >= 4 is 50.4 Å². The zero-order valence-electron chi connectivity index (χ0n) is 12.5. The normalized spacial score (nSPS) is 19.0. The van der Waals surface area contributed by atoms with Gasteiger partial charge >= 0.3 is 0 Å². The standard InChI is InChI=1S/C15H18BrN3O2S/c1-3-17-15(18-4-2)22-12-9-13(20)19(14(12)21)11-7-5-10(16)6-8-11/h5-8,12H,3-4,9H2,1-2H3,(H,17,18)/t12-/m1/s1. The first-order valence-electron chi connectivity index (χ1n) is 7.14. The van der Waals surface area contributed by atoms with Crippen LogP contribution in [0, 0.1) is 0 Å². The largest absolute Gasteiger partial charge is 0.365 e. The van der Waals surface area contributed by atoms with Gasteiger partial charge in [-0.25, -0.2) is 4.90 Å². The SMILES string of the molecule is CCN=C(NCC)S[C@@H]1CC(=O)N(c2ccc(Br)cc2)C1=O.